The molecule has 1 N–H and O–H groups in total. The van der Waals surface area contributed by atoms with E-state index in [0.717, 1.165) is 36.4 Å². The van der Waals surface area contributed by atoms with E-state index in [9.17, 15) is 18.0 Å². The number of hydrogen-bond donors (Lipinski definition) is 1. The standard InChI is InChI=1S/C31H34Cl3N3O4S/c1-21-8-6-7-11-29(21)37(42(40,41)26-15-13-24(32)14-16-26)20-30(38)36(19-23-12-17-27(33)28(34)18-23)22(2)31(39)35-25-9-4-3-5-10-25/h6-8,11-18,22,25H,3-5,9-10,19-20H2,1-2H3,(H,35,39)/t22-/m1/s1. The van der Waals surface area contributed by atoms with Crippen LogP contribution in [0.1, 0.15) is 50.2 Å². The van der Waals surface area contributed by atoms with Crippen LogP contribution in [-0.2, 0) is 26.2 Å². The molecule has 0 heterocycles. The quantitative estimate of drug-likeness (QED) is 0.256. The molecule has 1 fully saturated rings. The molecule has 1 saturated carbocycles. The zero-order chi connectivity index (χ0) is 30.4. The first kappa shape index (κ1) is 32.1. The van der Waals surface area contributed by atoms with Crippen LogP contribution < -0.4 is 9.62 Å². The molecule has 0 saturated heterocycles. The van der Waals surface area contributed by atoms with Gasteiger partial charge in [-0.3, -0.25) is 13.9 Å². The molecule has 3 aromatic rings. The maximum atomic E-state index is 14.1. The molecule has 0 aromatic heterocycles. The van der Waals surface area contributed by atoms with Crippen LogP contribution in [0.2, 0.25) is 15.1 Å². The Morgan fingerprint density at radius 3 is 2.24 bits per heavy atom. The molecular formula is C31H34Cl3N3O4S. The lowest BCUT2D eigenvalue weighted by Crippen LogP contribution is -2.53. The highest BCUT2D eigenvalue weighted by Crippen LogP contribution is 2.29. The Morgan fingerprint density at radius 1 is 0.929 bits per heavy atom. The Hall–Kier alpha value is -2.78. The second kappa shape index (κ2) is 14.1. The first-order chi connectivity index (χ1) is 20.0. The maximum Gasteiger partial charge on any atom is 0.264 e. The number of aryl methyl sites for hydroxylation is 1. The molecule has 1 atom stereocenters. The molecular weight excluding hydrogens is 617 g/mol. The number of benzene rings is 3. The second-order valence-corrected chi connectivity index (χ2v) is 13.7. The monoisotopic (exact) mass is 649 g/mol. The van der Waals surface area contributed by atoms with Gasteiger partial charge in [0.2, 0.25) is 11.8 Å². The van der Waals surface area contributed by atoms with Crippen molar-refractivity contribution in [2.75, 3.05) is 10.8 Å². The number of rotatable bonds is 10. The molecule has 0 bridgehead atoms. The van der Waals surface area contributed by atoms with Crippen molar-refractivity contribution in [3.05, 3.63) is 92.9 Å². The SMILES string of the molecule is Cc1ccccc1N(CC(=O)N(Cc1ccc(Cl)c(Cl)c1)[C@H](C)C(=O)NC1CCCCC1)S(=O)(=O)c1ccc(Cl)cc1. The van der Waals surface area contributed by atoms with Crippen LogP contribution in [0.4, 0.5) is 5.69 Å². The van der Waals surface area contributed by atoms with Gasteiger partial charge in [-0.1, -0.05) is 78.3 Å². The fourth-order valence-corrected chi connectivity index (χ4v) is 7.00. The van der Waals surface area contributed by atoms with Gasteiger partial charge in [0.05, 0.1) is 20.6 Å². The first-order valence-electron chi connectivity index (χ1n) is 13.8. The zero-order valence-corrected chi connectivity index (χ0v) is 26.6. The molecule has 224 valence electrons. The van der Waals surface area contributed by atoms with E-state index in [1.54, 1.807) is 56.3 Å². The number of carbonyl (C=O) groups is 2. The number of nitrogens with zero attached hydrogens (tertiary/aromatic N) is 2. The van der Waals surface area contributed by atoms with E-state index in [0.29, 0.717) is 31.9 Å². The summed E-state index contributed by atoms with van der Waals surface area (Å²) in [7, 11) is -4.19. The summed E-state index contributed by atoms with van der Waals surface area (Å²) in [6.45, 7) is 2.92. The Bertz CT molecular complexity index is 1530. The van der Waals surface area contributed by atoms with Crippen LogP contribution in [0.3, 0.4) is 0 Å². The Labute approximate surface area is 262 Å². The summed E-state index contributed by atoms with van der Waals surface area (Å²) >= 11 is 18.4. The van der Waals surface area contributed by atoms with Crippen LogP contribution in [0.25, 0.3) is 0 Å². The predicted octanol–water partition coefficient (Wildman–Crippen LogP) is 7.02. The van der Waals surface area contributed by atoms with E-state index >= 15 is 0 Å². The Kier molecular flexibility index (Phi) is 10.8. The van der Waals surface area contributed by atoms with Gasteiger partial charge in [-0.05, 0) is 80.3 Å². The minimum Gasteiger partial charge on any atom is -0.352 e. The molecule has 0 aliphatic heterocycles. The summed E-state index contributed by atoms with van der Waals surface area (Å²) in [6, 6.07) is 16.9. The molecule has 3 aromatic carbocycles. The highest BCUT2D eigenvalue weighted by molar-refractivity contribution is 7.92. The third-order valence-corrected chi connectivity index (χ3v) is 10.3. The molecule has 1 aliphatic carbocycles. The molecule has 42 heavy (non-hydrogen) atoms. The van der Waals surface area contributed by atoms with E-state index < -0.39 is 28.5 Å². The minimum absolute atomic E-state index is 0.0120. The van der Waals surface area contributed by atoms with Crippen molar-refractivity contribution in [1.29, 1.82) is 0 Å². The van der Waals surface area contributed by atoms with Crippen molar-refractivity contribution in [2.24, 2.45) is 0 Å². The number of nitrogens with one attached hydrogen (secondary N) is 1. The van der Waals surface area contributed by atoms with Crippen molar-refractivity contribution in [2.45, 2.75) is 69.5 Å². The lowest BCUT2D eigenvalue weighted by Gasteiger charge is -2.33. The van der Waals surface area contributed by atoms with Crippen LogP contribution in [0.5, 0.6) is 0 Å². The molecule has 0 radical (unpaired) electrons. The highest BCUT2D eigenvalue weighted by atomic mass is 35.5. The van der Waals surface area contributed by atoms with E-state index in [1.807, 2.05) is 0 Å². The van der Waals surface area contributed by atoms with E-state index in [1.165, 1.54) is 29.2 Å². The van der Waals surface area contributed by atoms with Crippen LogP contribution in [0.15, 0.2) is 71.6 Å². The van der Waals surface area contributed by atoms with E-state index in [-0.39, 0.29) is 23.4 Å². The molecule has 2 amide bonds. The van der Waals surface area contributed by atoms with E-state index in [2.05, 4.69) is 5.32 Å². The number of para-hydroxylation sites is 1. The van der Waals surface area contributed by atoms with Gasteiger partial charge in [0.15, 0.2) is 0 Å². The number of amides is 2. The molecule has 0 spiro atoms. The number of anilines is 1. The smallest absolute Gasteiger partial charge is 0.264 e. The summed E-state index contributed by atoms with van der Waals surface area (Å²) in [5.74, 6) is -0.841. The summed E-state index contributed by atoms with van der Waals surface area (Å²) in [4.78, 5) is 28.9. The Balaban J connectivity index is 1.69. The van der Waals surface area contributed by atoms with Crippen molar-refractivity contribution in [3.8, 4) is 0 Å². The average Bonchev–Trinajstić information content (AvgIpc) is 2.97. The summed E-state index contributed by atoms with van der Waals surface area (Å²) in [5.41, 5.74) is 1.68. The zero-order valence-electron chi connectivity index (χ0n) is 23.5. The van der Waals surface area contributed by atoms with Gasteiger partial charge in [0.1, 0.15) is 12.6 Å². The minimum atomic E-state index is -4.19. The Morgan fingerprint density at radius 2 is 1.60 bits per heavy atom. The second-order valence-electron chi connectivity index (χ2n) is 10.5. The fraction of sp³-hybridized carbons (Fsp3) is 0.355. The van der Waals surface area contributed by atoms with Gasteiger partial charge >= 0.3 is 0 Å². The lowest BCUT2D eigenvalue weighted by atomic mass is 9.95. The van der Waals surface area contributed by atoms with Crippen LogP contribution in [0, 0.1) is 6.92 Å². The topological polar surface area (TPSA) is 86.8 Å². The van der Waals surface area contributed by atoms with Crippen molar-refractivity contribution >= 4 is 62.3 Å². The van der Waals surface area contributed by atoms with Crippen molar-refractivity contribution < 1.29 is 18.0 Å². The first-order valence-corrected chi connectivity index (χ1v) is 16.4. The normalized spacial score (nSPS) is 14.7. The van der Waals surface area contributed by atoms with Crippen molar-refractivity contribution in [3.63, 3.8) is 0 Å². The van der Waals surface area contributed by atoms with Gasteiger partial charge in [0.25, 0.3) is 10.0 Å². The van der Waals surface area contributed by atoms with Gasteiger partial charge in [-0.2, -0.15) is 0 Å². The van der Waals surface area contributed by atoms with Crippen molar-refractivity contribution in [1.82, 2.24) is 10.2 Å². The third kappa shape index (κ3) is 7.78. The van der Waals surface area contributed by atoms with Crippen LogP contribution in [-0.4, -0.2) is 43.8 Å². The van der Waals surface area contributed by atoms with E-state index in [4.69, 9.17) is 34.8 Å². The molecule has 11 heteroatoms. The molecule has 7 nitrogen and oxygen atoms in total. The summed E-state index contributed by atoms with van der Waals surface area (Å²) in [6.07, 6.45) is 5.00. The maximum absolute atomic E-state index is 14.1. The number of halogens is 3. The predicted molar refractivity (Wildman–Crippen MR) is 169 cm³/mol. The lowest BCUT2D eigenvalue weighted by molar-refractivity contribution is -0.139. The van der Waals surface area contributed by atoms with Gasteiger partial charge in [-0.25, -0.2) is 8.42 Å². The fourth-order valence-electron chi connectivity index (χ4n) is 5.08. The average molecular weight is 651 g/mol. The molecule has 0 unspecified atom stereocenters. The number of hydrogen-bond acceptors (Lipinski definition) is 4. The largest absolute Gasteiger partial charge is 0.352 e. The molecule has 4 rings (SSSR count). The summed E-state index contributed by atoms with van der Waals surface area (Å²) < 4.78 is 29.0. The summed E-state index contributed by atoms with van der Waals surface area (Å²) in [5, 5.41) is 4.15. The molecule has 1 aliphatic rings. The van der Waals surface area contributed by atoms with Gasteiger partial charge < -0.3 is 10.2 Å². The third-order valence-electron chi connectivity index (χ3n) is 7.52. The number of sulfonamides is 1. The van der Waals surface area contributed by atoms with Gasteiger partial charge in [0, 0.05) is 17.6 Å². The van der Waals surface area contributed by atoms with Crippen LogP contribution >= 0.6 is 34.8 Å². The van der Waals surface area contributed by atoms with Gasteiger partial charge in [-0.15, -0.1) is 0 Å². The number of carbonyl (C=O) groups excluding carboxylic acids is 2. The highest BCUT2D eigenvalue weighted by Gasteiger charge is 2.33.